The van der Waals surface area contributed by atoms with E-state index in [9.17, 15) is 0 Å². The van der Waals surface area contributed by atoms with Crippen LogP contribution in [-0.4, -0.2) is 29.9 Å². The maximum Gasteiger partial charge on any atom is 0.166 e. The maximum absolute atomic E-state index is 5.48. The lowest BCUT2D eigenvalue weighted by molar-refractivity contribution is 0.114. The molecule has 1 saturated heterocycles. The van der Waals surface area contributed by atoms with Crippen LogP contribution in [0.4, 0.5) is 0 Å². The minimum absolute atomic E-state index is 0.0284. The molecule has 1 fully saturated rings. The van der Waals surface area contributed by atoms with Crippen molar-refractivity contribution in [2.24, 2.45) is 0 Å². The molecule has 0 saturated carbocycles. The van der Waals surface area contributed by atoms with Gasteiger partial charge in [-0.3, -0.25) is 0 Å². The Balaban J connectivity index is 2.14. The van der Waals surface area contributed by atoms with Crippen LogP contribution >= 0.6 is 12.2 Å². The number of ether oxygens (including phenoxy) is 1. The van der Waals surface area contributed by atoms with Crippen molar-refractivity contribution in [1.82, 2.24) is 10.6 Å². The van der Waals surface area contributed by atoms with E-state index in [1.165, 1.54) is 6.42 Å². The highest BCUT2D eigenvalue weighted by atomic mass is 32.1. The van der Waals surface area contributed by atoms with E-state index in [0.717, 1.165) is 19.6 Å². The maximum atomic E-state index is 5.48. The van der Waals surface area contributed by atoms with Gasteiger partial charge in [0, 0.05) is 18.7 Å². The Morgan fingerprint density at radius 3 is 2.71 bits per heavy atom. The molecule has 0 radical (unpaired) electrons. The summed E-state index contributed by atoms with van der Waals surface area (Å²) in [7, 11) is 0. The Hall–Kier alpha value is -0.350. The zero-order valence-corrected chi connectivity index (χ0v) is 10.0. The monoisotopic (exact) mass is 216 g/mol. The molecule has 3 nitrogen and oxygen atoms in total. The lowest BCUT2D eigenvalue weighted by Crippen LogP contribution is -2.47. The molecule has 0 aromatic heterocycles. The van der Waals surface area contributed by atoms with Gasteiger partial charge in [0.05, 0.1) is 6.10 Å². The minimum Gasteiger partial charge on any atom is -0.376 e. The number of nitrogens with one attached hydrogen (secondary N) is 2. The largest absolute Gasteiger partial charge is 0.376 e. The van der Waals surface area contributed by atoms with Crippen LogP contribution in [0.2, 0.25) is 0 Å². The van der Waals surface area contributed by atoms with E-state index in [1.807, 2.05) is 0 Å². The van der Waals surface area contributed by atoms with Crippen LogP contribution in [0.5, 0.6) is 0 Å². The first-order chi connectivity index (χ1) is 6.47. The van der Waals surface area contributed by atoms with Gasteiger partial charge in [-0.25, -0.2) is 0 Å². The van der Waals surface area contributed by atoms with Gasteiger partial charge < -0.3 is 15.4 Å². The molecule has 0 aromatic rings. The molecule has 4 heteroatoms. The first kappa shape index (κ1) is 11.7. The minimum atomic E-state index is 0.0284. The van der Waals surface area contributed by atoms with Crippen molar-refractivity contribution in [1.29, 1.82) is 0 Å². The zero-order valence-electron chi connectivity index (χ0n) is 9.22. The van der Waals surface area contributed by atoms with E-state index < -0.39 is 0 Å². The molecule has 14 heavy (non-hydrogen) atoms. The van der Waals surface area contributed by atoms with Crippen molar-refractivity contribution in [3.63, 3.8) is 0 Å². The fraction of sp³-hybridized carbons (Fsp3) is 0.900. The molecule has 1 rings (SSSR count). The summed E-state index contributed by atoms with van der Waals surface area (Å²) >= 11 is 5.16. The molecule has 2 N–H and O–H groups in total. The normalized spacial score (nSPS) is 22.1. The van der Waals surface area contributed by atoms with Crippen LogP contribution in [0.3, 0.4) is 0 Å². The second-order valence-electron chi connectivity index (χ2n) is 4.72. The molecule has 1 aliphatic rings. The Kier molecular flexibility index (Phi) is 4.13. The summed E-state index contributed by atoms with van der Waals surface area (Å²) in [5.74, 6) is 0. The number of rotatable bonds is 2. The topological polar surface area (TPSA) is 33.3 Å². The molecule has 0 spiro atoms. The van der Waals surface area contributed by atoms with Crippen LogP contribution < -0.4 is 10.6 Å². The van der Waals surface area contributed by atoms with Crippen molar-refractivity contribution in [3.05, 3.63) is 0 Å². The third kappa shape index (κ3) is 4.77. The molecule has 82 valence electrons. The highest BCUT2D eigenvalue weighted by Crippen LogP contribution is 2.10. The summed E-state index contributed by atoms with van der Waals surface area (Å²) in [6.45, 7) is 7.99. The molecule has 1 unspecified atom stereocenters. The molecule has 0 aromatic carbocycles. The van der Waals surface area contributed by atoms with Crippen molar-refractivity contribution < 1.29 is 4.74 Å². The highest BCUT2D eigenvalue weighted by Gasteiger charge is 2.16. The lowest BCUT2D eigenvalue weighted by Gasteiger charge is -2.23. The van der Waals surface area contributed by atoms with Crippen molar-refractivity contribution in [3.8, 4) is 0 Å². The first-order valence-corrected chi connectivity index (χ1v) is 5.56. The summed E-state index contributed by atoms with van der Waals surface area (Å²) in [6, 6.07) is 0. The van der Waals surface area contributed by atoms with E-state index in [1.54, 1.807) is 0 Å². The summed E-state index contributed by atoms with van der Waals surface area (Å²) in [6.07, 6.45) is 2.66. The standard InChI is InChI=1S/C10H20N2OS/c1-10(2,3)12-9(14)11-7-8-5-4-6-13-8/h8H,4-7H2,1-3H3,(H2,11,12,14). The average molecular weight is 216 g/mol. The number of thiocarbonyl (C=S) groups is 1. The molecule has 0 amide bonds. The Morgan fingerprint density at radius 1 is 1.50 bits per heavy atom. The summed E-state index contributed by atoms with van der Waals surface area (Å²) in [4.78, 5) is 0. The van der Waals surface area contributed by atoms with Gasteiger partial charge in [0.25, 0.3) is 0 Å². The Bertz CT molecular complexity index is 195. The fourth-order valence-electron chi connectivity index (χ4n) is 1.40. The second kappa shape index (κ2) is 4.94. The van der Waals surface area contributed by atoms with Crippen LogP contribution in [-0.2, 0) is 4.74 Å². The van der Waals surface area contributed by atoms with Crippen LogP contribution in [0, 0.1) is 0 Å². The van der Waals surface area contributed by atoms with Gasteiger partial charge in [-0.1, -0.05) is 0 Å². The third-order valence-corrected chi connectivity index (χ3v) is 2.25. The smallest absolute Gasteiger partial charge is 0.166 e. The van der Waals surface area contributed by atoms with Gasteiger partial charge in [0.15, 0.2) is 5.11 Å². The van der Waals surface area contributed by atoms with Gasteiger partial charge in [-0.15, -0.1) is 0 Å². The van der Waals surface area contributed by atoms with E-state index in [4.69, 9.17) is 17.0 Å². The van der Waals surface area contributed by atoms with Crippen LogP contribution in [0.15, 0.2) is 0 Å². The molecular formula is C10H20N2OS. The van der Waals surface area contributed by atoms with Gasteiger partial charge in [-0.05, 0) is 45.8 Å². The van der Waals surface area contributed by atoms with Gasteiger partial charge >= 0.3 is 0 Å². The summed E-state index contributed by atoms with van der Waals surface area (Å²) in [5, 5.41) is 7.10. The fourth-order valence-corrected chi connectivity index (χ4v) is 1.79. The Morgan fingerprint density at radius 2 is 2.21 bits per heavy atom. The molecule has 1 heterocycles. The quantitative estimate of drug-likeness (QED) is 0.684. The zero-order chi connectivity index (χ0) is 10.6. The van der Waals surface area contributed by atoms with E-state index in [-0.39, 0.29) is 5.54 Å². The van der Waals surface area contributed by atoms with Gasteiger partial charge in [0.2, 0.25) is 0 Å². The lowest BCUT2D eigenvalue weighted by atomic mass is 10.1. The van der Waals surface area contributed by atoms with Gasteiger partial charge in [0.1, 0.15) is 0 Å². The molecule has 0 bridgehead atoms. The van der Waals surface area contributed by atoms with Crippen molar-refractivity contribution in [2.45, 2.75) is 45.3 Å². The molecule has 0 aliphatic carbocycles. The molecule has 1 atom stereocenters. The number of hydrogen-bond donors (Lipinski definition) is 2. The second-order valence-corrected chi connectivity index (χ2v) is 5.13. The van der Waals surface area contributed by atoms with Crippen LogP contribution in [0.25, 0.3) is 0 Å². The van der Waals surface area contributed by atoms with E-state index >= 15 is 0 Å². The third-order valence-electron chi connectivity index (χ3n) is 2.00. The molecular weight excluding hydrogens is 196 g/mol. The van der Waals surface area contributed by atoms with E-state index in [0.29, 0.717) is 11.2 Å². The van der Waals surface area contributed by atoms with Crippen LogP contribution in [0.1, 0.15) is 33.6 Å². The predicted molar refractivity (Wildman–Crippen MR) is 62.5 cm³/mol. The number of hydrogen-bond acceptors (Lipinski definition) is 2. The Labute approximate surface area is 91.6 Å². The highest BCUT2D eigenvalue weighted by molar-refractivity contribution is 7.80. The van der Waals surface area contributed by atoms with Crippen molar-refractivity contribution >= 4 is 17.3 Å². The van der Waals surface area contributed by atoms with Crippen molar-refractivity contribution in [2.75, 3.05) is 13.2 Å². The SMILES string of the molecule is CC(C)(C)NC(=S)NCC1CCCO1. The van der Waals surface area contributed by atoms with Gasteiger partial charge in [-0.2, -0.15) is 0 Å². The predicted octanol–water partition coefficient (Wildman–Crippen LogP) is 1.43. The summed E-state index contributed by atoms with van der Waals surface area (Å²) < 4.78 is 5.48. The average Bonchev–Trinajstić information content (AvgIpc) is 2.49. The first-order valence-electron chi connectivity index (χ1n) is 5.15. The van der Waals surface area contributed by atoms with E-state index in [2.05, 4.69) is 31.4 Å². The molecule has 1 aliphatic heterocycles. The summed E-state index contributed by atoms with van der Waals surface area (Å²) in [5.41, 5.74) is 0.0284.